The van der Waals surface area contributed by atoms with Crippen molar-refractivity contribution < 1.29 is 13.2 Å². The van der Waals surface area contributed by atoms with E-state index >= 15 is 0 Å². The predicted molar refractivity (Wildman–Crippen MR) is 123 cm³/mol. The van der Waals surface area contributed by atoms with Crippen LogP contribution in [-0.4, -0.2) is 27.1 Å². The van der Waals surface area contributed by atoms with E-state index in [1.807, 2.05) is 74.5 Å². The lowest BCUT2D eigenvalue weighted by atomic mass is 10.0. The van der Waals surface area contributed by atoms with E-state index in [9.17, 15) is 13.2 Å². The molecular weight excluding hydrogens is 396 g/mol. The average Bonchev–Trinajstić information content (AvgIpc) is 2.71. The first kappa shape index (κ1) is 21.8. The first-order valence-corrected chi connectivity index (χ1v) is 11.9. The third kappa shape index (κ3) is 5.39. The minimum atomic E-state index is -3.42. The number of rotatable bonds is 8. The molecule has 0 heterocycles. The van der Waals surface area contributed by atoms with Crippen molar-refractivity contribution in [2.75, 3.05) is 17.1 Å². The maximum atomic E-state index is 12.3. The Morgan fingerprint density at radius 3 is 2.43 bits per heavy atom. The van der Waals surface area contributed by atoms with Gasteiger partial charge in [0.1, 0.15) is 0 Å². The number of aryl methyl sites for hydroxylation is 2. The van der Waals surface area contributed by atoms with Crippen molar-refractivity contribution in [2.24, 2.45) is 0 Å². The molecule has 0 fully saturated rings. The van der Waals surface area contributed by atoms with Gasteiger partial charge in [-0.05, 0) is 59.9 Å². The van der Waals surface area contributed by atoms with Gasteiger partial charge in [-0.2, -0.15) is 0 Å². The Balaban J connectivity index is 1.58. The highest BCUT2D eigenvalue weighted by molar-refractivity contribution is 7.92. The molecule has 5 nitrogen and oxygen atoms in total. The molecule has 0 saturated carbocycles. The summed E-state index contributed by atoms with van der Waals surface area (Å²) in [6.07, 6.45) is 1.91. The Morgan fingerprint density at radius 2 is 1.70 bits per heavy atom. The van der Waals surface area contributed by atoms with Gasteiger partial charge in [-0.1, -0.05) is 48.5 Å². The van der Waals surface area contributed by atoms with E-state index in [2.05, 4.69) is 5.32 Å². The highest BCUT2D eigenvalue weighted by atomic mass is 32.2. The summed E-state index contributed by atoms with van der Waals surface area (Å²) in [4.78, 5) is 12.3. The molecule has 3 aromatic carbocycles. The number of carbonyl (C=O) groups excluding carboxylic acids is 1. The van der Waals surface area contributed by atoms with E-state index in [1.165, 1.54) is 10.6 Å². The topological polar surface area (TPSA) is 66.5 Å². The lowest BCUT2D eigenvalue weighted by molar-refractivity contribution is -0.121. The second-order valence-electron chi connectivity index (χ2n) is 7.62. The molecule has 1 amide bonds. The summed E-state index contributed by atoms with van der Waals surface area (Å²) in [7, 11) is -3.42. The Kier molecular flexibility index (Phi) is 6.77. The molecule has 3 aromatic rings. The van der Waals surface area contributed by atoms with Crippen LogP contribution in [0.3, 0.4) is 0 Å². The van der Waals surface area contributed by atoms with Crippen LogP contribution in [0.2, 0.25) is 0 Å². The highest BCUT2D eigenvalue weighted by Gasteiger charge is 2.18. The van der Waals surface area contributed by atoms with E-state index in [0.717, 1.165) is 27.5 Å². The second-order valence-corrected chi connectivity index (χ2v) is 9.53. The lowest BCUT2D eigenvalue weighted by Gasteiger charge is -2.23. The number of fused-ring (bicyclic) bond motifs is 1. The first-order valence-electron chi connectivity index (χ1n) is 10.0. The summed E-state index contributed by atoms with van der Waals surface area (Å²) in [5.41, 5.74) is 3.85. The summed E-state index contributed by atoms with van der Waals surface area (Å²) < 4.78 is 25.9. The molecule has 6 heteroatoms. The zero-order chi connectivity index (χ0) is 21.7. The molecule has 0 atom stereocenters. The molecule has 0 saturated heterocycles. The van der Waals surface area contributed by atoms with Gasteiger partial charge in [-0.3, -0.25) is 9.10 Å². The first-order chi connectivity index (χ1) is 14.3. The maximum Gasteiger partial charge on any atom is 0.232 e. The fourth-order valence-corrected chi connectivity index (χ4v) is 4.44. The van der Waals surface area contributed by atoms with Crippen LogP contribution in [0.5, 0.6) is 0 Å². The monoisotopic (exact) mass is 424 g/mol. The van der Waals surface area contributed by atoms with Crippen molar-refractivity contribution in [3.8, 4) is 0 Å². The number of sulfonamides is 1. The van der Waals surface area contributed by atoms with Crippen molar-refractivity contribution in [3.63, 3.8) is 0 Å². The zero-order valence-electron chi connectivity index (χ0n) is 17.7. The predicted octanol–water partition coefficient (Wildman–Crippen LogP) is 4.32. The number of hydrogen-bond donors (Lipinski definition) is 1. The number of amides is 1. The fraction of sp³-hybridized carbons (Fsp3) is 0.292. The van der Waals surface area contributed by atoms with Crippen LogP contribution in [0.4, 0.5) is 5.69 Å². The Labute approximate surface area is 178 Å². The largest absolute Gasteiger partial charge is 0.352 e. The zero-order valence-corrected chi connectivity index (χ0v) is 18.5. The normalized spacial score (nSPS) is 11.4. The van der Waals surface area contributed by atoms with E-state index in [-0.39, 0.29) is 18.9 Å². The minimum absolute atomic E-state index is 0.0866. The number of benzene rings is 3. The van der Waals surface area contributed by atoms with E-state index < -0.39 is 10.0 Å². The summed E-state index contributed by atoms with van der Waals surface area (Å²) in [5.74, 6) is -0.0866. The van der Waals surface area contributed by atoms with Gasteiger partial charge in [-0.25, -0.2) is 8.42 Å². The van der Waals surface area contributed by atoms with Crippen molar-refractivity contribution in [2.45, 2.75) is 33.2 Å². The van der Waals surface area contributed by atoms with Crippen molar-refractivity contribution >= 4 is 32.4 Å². The van der Waals surface area contributed by atoms with Crippen LogP contribution in [0, 0.1) is 13.8 Å². The number of anilines is 1. The van der Waals surface area contributed by atoms with Gasteiger partial charge in [0.15, 0.2) is 0 Å². The Bertz CT molecular complexity index is 1150. The summed E-state index contributed by atoms with van der Waals surface area (Å²) >= 11 is 0. The third-order valence-electron chi connectivity index (χ3n) is 5.30. The van der Waals surface area contributed by atoms with E-state index in [1.54, 1.807) is 0 Å². The molecular formula is C24H28N2O3S. The van der Waals surface area contributed by atoms with Crippen LogP contribution < -0.4 is 9.62 Å². The molecule has 0 aliphatic heterocycles. The number of nitrogens with one attached hydrogen (secondary N) is 1. The molecule has 0 spiro atoms. The van der Waals surface area contributed by atoms with Crippen LogP contribution in [0.25, 0.3) is 10.8 Å². The molecule has 0 aliphatic carbocycles. The molecule has 0 aromatic heterocycles. The molecule has 30 heavy (non-hydrogen) atoms. The molecule has 158 valence electrons. The smallest absolute Gasteiger partial charge is 0.232 e. The van der Waals surface area contributed by atoms with Crippen LogP contribution in [0.15, 0.2) is 60.7 Å². The SMILES string of the molecule is Cc1ccc(N(CCCC(=O)NCc2cccc3ccccc23)S(C)(=O)=O)cc1C. The molecule has 0 unspecified atom stereocenters. The van der Waals surface area contributed by atoms with Gasteiger partial charge in [0, 0.05) is 19.5 Å². The summed E-state index contributed by atoms with van der Waals surface area (Å²) in [5, 5.41) is 5.22. The molecule has 1 N–H and O–H groups in total. The van der Waals surface area contributed by atoms with Crippen molar-refractivity contribution in [3.05, 3.63) is 77.4 Å². The molecule has 0 aliphatic rings. The van der Waals surface area contributed by atoms with Crippen molar-refractivity contribution in [1.29, 1.82) is 0 Å². The van der Waals surface area contributed by atoms with Gasteiger partial charge in [0.25, 0.3) is 0 Å². The minimum Gasteiger partial charge on any atom is -0.352 e. The van der Waals surface area contributed by atoms with Crippen LogP contribution in [-0.2, 0) is 21.4 Å². The van der Waals surface area contributed by atoms with Gasteiger partial charge in [-0.15, -0.1) is 0 Å². The van der Waals surface area contributed by atoms with Crippen LogP contribution >= 0.6 is 0 Å². The third-order valence-corrected chi connectivity index (χ3v) is 6.49. The number of hydrogen-bond acceptors (Lipinski definition) is 3. The summed E-state index contributed by atoms with van der Waals surface area (Å²) in [6, 6.07) is 19.7. The van der Waals surface area contributed by atoms with Gasteiger partial charge in [0.2, 0.25) is 15.9 Å². The Hall–Kier alpha value is -2.86. The second kappa shape index (κ2) is 9.30. The van der Waals surface area contributed by atoms with Gasteiger partial charge in [0.05, 0.1) is 11.9 Å². The van der Waals surface area contributed by atoms with Gasteiger partial charge < -0.3 is 5.32 Å². The van der Waals surface area contributed by atoms with E-state index in [4.69, 9.17) is 0 Å². The van der Waals surface area contributed by atoms with Crippen molar-refractivity contribution in [1.82, 2.24) is 5.32 Å². The molecule has 0 radical (unpaired) electrons. The fourth-order valence-electron chi connectivity index (χ4n) is 3.48. The van der Waals surface area contributed by atoms with Crippen LogP contribution in [0.1, 0.15) is 29.5 Å². The summed E-state index contributed by atoms with van der Waals surface area (Å²) in [6.45, 7) is 4.67. The number of carbonyl (C=O) groups is 1. The average molecular weight is 425 g/mol. The van der Waals surface area contributed by atoms with Gasteiger partial charge >= 0.3 is 0 Å². The van der Waals surface area contributed by atoms with E-state index in [0.29, 0.717) is 18.7 Å². The lowest BCUT2D eigenvalue weighted by Crippen LogP contribution is -2.32. The number of nitrogens with zero attached hydrogens (tertiary/aromatic N) is 1. The molecule has 3 rings (SSSR count). The standard InChI is InChI=1S/C24H28N2O3S/c1-18-13-14-22(16-19(18)2)26(30(3,28)29)15-7-12-24(27)25-17-21-10-6-9-20-8-4-5-11-23(20)21/h4-6,8-11,13-14,16H,7,12,15,17H2,1-3H3,(H,25,27). The molecule has 0 bridgehead atoms. The quantitative estimate of drug-likeness (QED) is 0.586. The Morgan fingerprint density at radius 1 is 0.967 bits per heavy atom. The maximum absolute atomic E-state index is 12.3. The highest BCUT2D eigenvalue weighted by Crippen LogP contribution is 2.22.